The fourth-order valence-corrected chi connectivity index (χ4v) is 11.0. The lowest BCUT2D eigenvalue weighted by atomic mass is 9.44. The summed E-state index contributed by atoms with van der Waals surface area (Å²) >= 11 is 0. The Labute approximate surface area is 389 Å². The predicted octanol–water partition coefficient (Wildman–Crippen LogP) is 4.93. The van der Waals surface area contributed by atoms with Crippen molar-refractivity contribution < 1.29 is 72.5 Å². The zero-order valence-electron chi connectivity index (χ0n) is 39.0. The van der Waals surface area contributed by atoms with E-state index in [0.717, 1.165) is 6.92 Å². The highest BCUT2D eigenvalue weighted by Gasteiger charge is 2.78. The van der Waals surface area contributed by atoms with E-state index in [4.69, 9.17) is 33.2 Å². The van der Waals surface area contributed by atoms with Gasteiger partial charge in [0, 0.05) is 49.7 Å². The van der Waals surface area contributed by atoms with Gasteiger partial charge in [0.15, 0.2) is 24.1 Å². The van der Waals surface area contributed by atoms with Crippen LogP contribution >= 0.6 is 0 Å². The predicted molar refractivity (Wildman–Crippen MR) is 239 cm³/mol. The van der Waals surface area contributed by atoms with E-state index in [1.54, 1.807) is 113 Å². The van der Waals surface area contributed by atoms with E-state index in [-0.39, 0.29) is 36.3 Å². The molecule has 0 spiro atoms. The summed E-state index contributed by atoms with van der Waals surface area (Å²) in [4.78, 5) is 69.8. The normalized spacial score (nSPS) is 32.0. The van der Waals surface area contributed by atoms with Crippen molar-refractivity contribution in [1.29, 1.82) is 0 Å². The third-order valence-corrected chi connectivity index (χ3v) is 14.4. The van der Waals surface area contributed by atoms with Crippen LogP contribution < -0.4 is 5.32 Å². The molecule has 13 atom stereocenters. The number of carbonyl (C=O) groups excluding carboxylic acids is 5. The first kappa shape index (κ1) is 49.4. The summed E-state index contributed by atoms with van der Waals surface area (Å²) < 4.78 is 43.2. The Balaban J connectivity index is 1.42. The van der Waals surface area contributed by atoms with Crippen LogP contribution in [0.25, 0.3) is 0 Å². The van der Waals surface area contributed by atoms with E-state index in [1.165, 1.54) is 26.0 Å². The minimum Gasteiger partial charge on any atom is -0.456 e. The van der Waals surface area contributed by atoms with Crippen molar-refractivity contribution in [3.63, 3.8) is 0 Å². The Hall–Kier alpha value is -5.49. The third kappa shape index (κ3) is 8.91. The van der Waals surface area contributed by atoms with Crippen molar-refractivity contribution in [1.82, 2.24) is 5.32 Å². The van der Waals surface area contributed by atoms with Crippen molar-refractivity contribution in [2.24, 2.45) is 16.7 Å². The van der Waals surface area contributed by atoms with Crippen LogP contribution in [-0.2, 0) is 47.5 Å². The molecular formula is C51H61NO15. The van der Waals surface area contributed by atoms with E-state index < -0.39 is 119 Å². The van der Waals surface area contributed by atoms with Gasteiger partial charge in [0.2, 0.25) is 0 Å². The number of aliphatic hydroxyl groups excluding tert-OH is 2. The number of ether oxygens (including phenoxy) is 7. The Kier molecular flexibility index (Phi) is 14.2. The second-order valence-electron chi connectivity index (χ2n) is 18.7. The lowest BCUT2D eigenvalue weighted by Gasteiger charge is -2.69. The van der Waals surface area contributed by atoms with Gasteiger partial charge in [-0.2, -0.15) is 0 Å². The van der Waals surface area contributed by atoms with Crippen molar-refractivity contribution in [2.75, 3.05) is 13.2 Å². The summed E-state index contributed by atoms with van der Waals surface area (Å²) in [7, 11) is 0. The second-order valence-corrected chi connectivity index (χ2v) is 18.7. The van der Waals surface area contributed by atoms with Crippen molar-refractivity contribution >= 4 is 29.8 Å². The number of amides is 1. The van der Waals surface area contributed by atoms with Gasteiger partial charge in [-0.3, -0.25) is 14.4 Å². The summed E-state index contributed by atoms with van der Waals surface area (Å²) in [6.07, 6.45) is -12.3. The van der Waals surface area contributed by atoms with Gasteiger partial charge >= 0.3 is 23.9 Å². The first-order valence-electron chi connectivity index (χ1n) is 22.6. The molecular weight excluding hydrogens is 867 g/mol. The number of esters is 4. The first-order chi connectivity index (χ1) is 31.7. The van der Waals surface area contributed by atoms with Crippen LogP contribution in [0.1, 0.15) is 101 Å². The van der Waals surface area contributed by atoms with Gasteiger partial charge in [0.1, 0.15) is 30.0 Å². The first-order valence-corrected chi connectivity index (χ1v) is 22.6. The van der Waals surface area contributed by atoms with Gasteiger partial charge < -0.3 is 53.8 Å². The quantitative estimate of drug-likeness (QED) is 0.0728. The molecule has 7 rings (SSSR count). The largest absolute Gasteiger partial charge is 0.456 e. The summed E-state index contributed by atoms with van der Waals surface area (Å²) in [5, 5.41) is 42.1. The maximum atomic E-state index is 15.1. The van der Waals surface area contributed by atoms with Gasteiger partial charge in [0.25, 0.3) is 5.91 Å². The smallest absolute Gasteiger partial charge is 0.338 e. The maximum Gasteiger partial charge on any atom is 0.338 e. The molecule has 1 saturated heterocycles. The Morgan fingerprint density at radius 3 is 1.99 bits per heavy atom. The zero-order valence-corrected chi connectivity index (χ0v) is 39.0. The summed E-state index contributed by atoms with van der Waals surface area (Å²) in [5.41, 5.74) is -6.23. The molecule has 2 bridgehead atoms. The molecule has 1 amide bonds. The monoisotopic (exact) mass is 927 g/mol. The SMILES string of the molecule is CCOC(C)O[C@@H](C(=O)O[C@H]1C[C@@]2(O)[C@@H](OC(=O)c3ccccc3)[C@@H]3[C@]4(OC(C)=O)CO[C@@H]4C[C@H](O)[C@@]3(C)[C@@H](O)[C@H](OC(C)=O)C(=C1C)C2(C)C)[C@@H](NC(=O)c1ccccc1)c1ccccc1. The van der Waals surface area contributed by atoms with Crippen LogP contribution in [0.3, 0.4) is 0 Å². The fourth-order valence-electron chi connectivity index (χ4n) is 11.0. The number of fused-ring (bicyclic) bond motifs is 5. The molecule has 3 aliphatic carbocycles. The molecule has 3 aromatic rings. The van der Waals surface area contributed by atoms with Crippen molar-refractivity contribution in [2.45, 2.75) is 134 Å². The summed E-state index contributed by atoms with van der Waals surface area (Å²) in [6, 6.07) is 23.9. The molecule has 3 fully saturated rings. The molecule has 4 aliphatic rings. The molecule has 3 aromatic carbocycles. The van der Waals surface area contributed by atoms with Crippen LogP contribution in [0.15, 0.2) is 102 Å². The molecule has 360 valence electrons. The number of aliphatic hydroxyl groups is 3. The van der Waals surface area contributed by atoms with Crippen LogP contribution in [0.5, 0.6) is 0 Å². The maximum absolute atomic E-state index is 15.1. The van der Waals surface area contributed by atoms with E-state index >= 15 is 4.79 Å². The molecule has 2 saturated carbocycles. The molecule has 1 unspecified atom stereocenters. The topological polar surface area (TPSA) is 223 Å². The van der Waals surface area contributed by atoms with Crippen LogP contribution in [0, 0.1) is 16.7 Å². The average molecular weight is 928 g/mol. The Bertz CT molecular complexity index is 2340. The highest BCUT2D eigenvalue weighted by atomic mass is 16.7. The van der Waals surface area contributed by atoms with E-state index in [1.807, 2.05) is 0 Å². The number of carbonyl (C=O) groups is 5. The second kappa shape index (κ2) is 19.2. The minimum atomic E-state index is -2.35. The molecule has 0 radical (unpaired) electrons. The number of nitrogens with one attached hydrogen (secondary N) is 1. The Morgan fingerprint density at radius 2 is 1.43 bits per heavy atom. The van der Waals surface area contributed by atoms with Crippen LogP contribution in [-0.4, -0.2) is 119 Å². The van der Waals surface area contributed by atoms with E-state index in [9.17, 15) is 34.5 Å². The standard InChI is InChI=1S/C51H61NO15/c1-9-61-31(5)64-41(39(32-19-13-10-14-20-32)52-45(57)33-21-15-11-16-22-33)47(59)65-35-26-51(60)44(66-46(58)34-23-17-12-18-24-34)42-49(8,36(55)25-37-50(42,27-62-37)67-30(4)54)43(56)40(63-29(3)53)38(28(35)2)48(51,6)7/h10-24,31,35-37,39-44,55-56,60H,9,25-27H2,1-8H3,(H,52,57)/t31?,35-,36-,37+,39-,40+,41+,42-,43-,44-,49+,50-,51+/m0/s1. The third-order valence-electron chi connectivity index (χ3n) is 14.4. The fraction of sp³-hybridized carbons (Fsp3) is 0.510. The molecule has 16 heteroatoms. The van der Waals surface area contributed by atoms with Gasteiger partial charge in [-0.1, -0.05) is 87.5 Å². The lowest BCUT2D eigenvalue weighted by Crippen LogP contribution is -2.82. The van der Waals surface area contributed by atoms with E-state index in [0.29, 0.717) is 11.1 Å². The van der Waals surface area contributed by atoms with Crippen LogP contribution in [0.4, 0.5) is 0 Å². The molecule has 0 aromatic heterocycles. The van der Waals surface area contributed by atoms with Gasteiger partial charge in [-0.05, 0) is 61.7 Å². The lowest BCUT2D eigenvalue weighted by molar-refractivity contribution is -0.365. The minimum absolute atomic E-state index is 0.101. The number of benzene rings is 3. The molecule has 67 heavy (non-hydrogen) atoms. The summed E-state index contributed by atoms with van der Waals surface area (Å²) in [5.74, 6) is -5.43. The molecule has 4 N–H and O–H groups in total. The average Bonchev–Trinajstić information content (AvgIpc) is 3.29. The number of hydrogen-bond donors (Lipinski definition) is 4. The van der Waals surface area contributed by atoms with Gasteiger partial charge in [-0.25, -0.2) is 9.59 Å². The van der Waals surface area contributed by atoms with E-state index in [2.05, 4.69) is 5.32 Å². The summed E-state index contributed by atoms with van der Waals surface area (Å²) in [6.45, 7) is 12.0. The number of rotatable bonds is 14. The van der Waals surface area contributed by atoms with Gasteiger partial charge in [-0.15, -0.1) is 0 Å². The van der Waals surface area contributed by atoms with Crippen LogP contribution in [0.2, 0.25) is 0 Å². The molecule has 1 heterocycles. The number of hydrogen-bond acceptors (Lipinski definition) is 15. The Morgan fingerprint density at radius 1 is 0.836 bits per heavy atom. The van der Waals surface area contributed by atoms with Crippen molar-refractivity contribution in [3.8, 4) is 0 Å². The molecule has 16 nitrogen and oxygen atoms in total. The van der Waals surface area contributed by atoms with Crippen molar-refractivity contribution in [3.05, 3.63) is 119 Å². The zero-order chi connectivity index (χ0) is 48.6. The molecule has 1 aliphatic heterocycles. The van der Waals surface area contributed by atoms with Gasteiger partial charge in [0.05, 0.1) is 30.2 Å². The highest BCUT2D eigenvalue weighted by Crippen LogP contribution is 2.65. The highest BCUT2D eigenvalue weighted by molar-refractivity contribution is 5.95.